The summed E-state index contributed by atoms with van der Waals surface area (Å²) in [4.78, 5) is 6.19. The maximum Gasteiger partial charge on any atom is 0.157 e. The topological polar surface area (TPSA) is 42.2 Å². The predicted molar refractivity (Wildman–Crippen MR) is 77.5 cm³/mol. The molecule has 4 heteroatoms. The van der Waals surface area contributed by atoms with E-state index in [1.807, 2.05) is 11.9 Å². The van der Waals surface area contributed by atoms with Crippen LogP contribution in [0.3, 0.4) is 0 Å². The molecule has 18 heavy (non-hydrogen) atoms. The van der Waals surface area contributed by atoms with Gasteiger partial charge in [0.2, 0.25) is 0 Å². The molecular weight excluding hydrogens is 246 g/mol. The average Bonchev–Trinajstić information content (AvgIpc) is 2.41. The third kappa shape index (κ3) is 2.57. The van der Waals surface area contributed by atoms with E-state index in [2.05, 4.69) is 36.2 Å². The fourth-order valence-electron chi connectivity index (χ4n) is 1.78. The van der Waals surface area contributed by atoms with Gasteiger partial charge >= 0.3 is 0 Å². The lowest BCUT2D eigenvalue weighted by atomic mass is 10.1. The van der Waals surface area contributed by atoms with Gasteiger partial charge in [-0.25, -0.2) is 4.98 Å². The monoisotopic (exact) mass is 261 g/mol. The number of halogens is 1. The fourth-order valence-corrected chi connectivity index (χ4v) is 1.93. The first kappa shape index (κ1) is 12.7. The molecule has 0 atom stereocenters. The Bertz CT molecular complexity index is 537. The minimum atomic E-state index is 0.441. The third-order valence-corrected chi connectivity index (χ3v) is 3.13. The molecule has 0 saturated carbocycles. The molecule has 1 heterocycles. The van der Waals surface area contributed by atoms with E-state index in [0.717, 1.165) is 12.1 Å². The van der Waals surface area contributed by atoms with Gasteiger partial charge in [-0.15, -0.1) is 0 Å². The number of anilines is 3. The minimum Gasteiger partial charge on any atom is -0.396 e. The maximum absolute atomic E-state index is 5.92. The molecule has 1 aromatic heterocycles. The highest BCUT2D eigenvalue weighted by Crippen LogP contribution is 2.28. The Morgan fingerprint density at radius 3 is 2.44 bits per heavy atom. The van der Waals surface area contributed by atoms with Crippen molar-refractivity contribution >= 4 is 28.8 Å². The Labute approximate surface area is 112 Å². The van der Waals surface area contributed by atoms with Crippen molar-refractivity contribution in [3.63, 3.8) is 0 Å². The molecule has 0 aliphatic rings. The molecule has 94 valence electrons. The van der Waals surface area contributed by atoms with E-state index in [0.29, 0.717) is 16.7 Å². The zero-order valence-corrected chi connectivity index (χ0v) is 11.3. The Balaban J connectivity index is 2.34. The Hall–Kier alpha value is -1.74. The highest BCUT2D eigenvalue weighted by atomic mass is 35.5. The largest absolute Gasteiger partial charge is 0.396 e. The molecule has 2 aromatic rings. The van der Waals surface area contributed by atoms with Crippen molar-refractivity contribution in [1.82, 2.24) is 4.98 Å². The van der Waals surface area contributed by atoms with Crippen LogP contribution in [0.25, 0.3) is 0 Å². The third-order valence-electron chi connectivity index (χ3n) is 2.92. The summed E-state index contributed by atoms with van der Waals surface area (Å²) in [6.45, 7) is 2.13. The lowest BCUT2D eigenvalue weighted by Gasteiger charge is -2.20. The summed E-state index contributed by atoms with van der Waals surface area (Å²) in [5.74, 6) is 0.673. The maximum atomic E-state index is 5.92. The standard InChI is InChI=1S/C14H16ClN3/c1-3-10-4-6-11(7-5-10)18(2)14-12(16)8-9-13(15)17-14/h4-9H,3,16H2,1-2H3. The number of rotatable bonds is 3. The number of aryl methyl sites for hydroxylation is 1. The molecule has 0 spiro atoms. The molecule has 2 rings (SSSR count). The highest BCUT2D eigenvalue weighted by molar-refractivity contribution is 6.29. The summed E-state index contributed by atoms with van der Waals surface area (Å²) in [6, 6.07) is 11.8. The van der Waals surface area contributed by atoms with E-state index in [9.17, 15) is 0 Å². The first-order valence-corrected chi connectivity index (χ1v) is 6.24. The predicted octanol–water partition coefficient (Wildman–Crippen LogP) is 3.65. The molecule has 0 aliphatic carbocycles. The number of nitrogens with two attached hydrogens (primary N) is 1. The molecule has 0 radical (unpaired) electrons. The van der Waals surface area contributed by atoms with Crippen molar-refractivity contribution in [2.24, 2.45) is 0 Å². The van der Waals surface area contributed by atoms with Crippen molar-refractivity contribution in [1.29, 1.82) is 0 Å². The smallest absolute Gasteiger partial charge is 0.157 e. The van der Waals surface area contributed by atoms with Gasteiger partial charge in [-0.2, -0.15) is 0 Å². The molecule has 3 nitrogen and oxygen atoms in total. The molecule has 0 amide bonds. The quantitative estimate of drug-likeness (QED) is 0.858. The summed E-state index contributed by atoms with van der Waals surface area (Å²) >= 11 is 5.90. The van der Waals surface area contributed by atoms with Crippen LogP contribution in [0.2, 0.25) is 5.15 Å². The van der Waals surface area contributed by atoms with Crippen molar-refractivity contribution in [3.8, 4) is 0 Å². The molecule has 1 aromatic carbocycles. The minimum absolute atomic E-state index is 0.441. The summed E-state index contributed by atoms with van der Waals surface area (Å²) in [5, 5.41) is 0.441. The molecular formula is C14H16ClN3. The fraction of sp³-hybridized carbons (Fsp3) is 0.214. The van der Waals surface area contributed by atoms with E-state index in [1.165, 1.54) is 5.56 Å². The van der Waals surface area contributed by atoms with Crippen LogP contribution in [0, 0.1) is 0 Å². The van der Waals surface area contributed by atoms with Crippen molar-refractivity contribution in [2.75, 3.05) is 17.7 Å². The zero-order chi connectivity index (χ0) is 13.1. The Morgan fingerprint density at radius 1 is 1.17 bits per heavy atom. The van der Waals surface area contributed by atoms with Crippen molar-refractivity contribution < 1.29 is 0 Å². The molecule has 0 aliphatic heterocycles. The first-order valence-electron chi connectivity index (χ1n) is 5.86. The number of hydrogen-bond donors (Lipinski definition) is 1. The number of hydrogen-bond acceptors (Lipinski definition) is 3. The van der Waals surface area contributed by atoms with Crippen molar-refractivity contribution in [3.05, 3.63) is 47.1 Å². The molecule has 0 fully saturated rings. The number of nitrogen functional groups attached to an aromatic ring is 1. The molecule has 0 bridgehead atoms. The van der Waals surface area contributed by atoms with Crippen molar-refractivity contribution in [2.45, 2.75) is 13.3 Å². The van der Waals surface area contributed by atoms with Crippen LogP contribution in [0.1, 0.15) is 12.5 Å². The average molecular weight is 262 g/mol. The van der Waals surface area contributed by atoms with Crippen LogP contribution in [0.5, 0.6) is 0 Å². The number of nitrogens with zero attached hydrogens (tertiary/aromatic N) is 2. The van der Waals surface area contributed by atoms with Crippen LogP contribution in [-0.4, -0.2) is 12.0 Å². The summed E-state index contributed by atoms with van der Waals surface area (Å²) in [5.41, 5.74) is 8.87. The van der Waals surface area contributed by atoms with E-state index in [1.54, 1.807) is 12.1 Å². The van der Waals surface area contributed by atoms with E-state index < -0.39 is 0 Å². The number of aromatic nitrogens is 1. The Kier molecular flexibility index (Phi) is 3.72. The van der Waals surface area contributed by atoms with Gasteiger partial charge in [-0.05, 0) is 36.2 Å². The van der Waals surface area contributed by atoms with Gasteiger partial charge in [0.15, 0.2) is 5.82 Å². The van der Waals surface area contributed by atoms with E-state index in [4.69, 9.17) is 17.3 Å². The lowest BCUT2D eigenvalue weighted by molar-refractivity contribution is 1.11. The van der Waals surface area contributed by atoms with Gasteiger partial charge in [-0.1, -0.05) is 30.7 Å². The summed E-state index contributed by atoms with van der Waals surface area (Å²) < 4.78 is 0. The van der Waals surface area contributed by atoms with Crippen LogP contribution in [-0.2, 0) is 6.42 Å². The van der Waals surface area contributed by atoms with Crippen LogP contribution >= 0.6 is 11.6 Å². The van der Waals surface area contributed by atoms with Gasteiger partial charge in [-0.3, -0.25) is 0 Å². The normalized spacial score (nSPS) is 10.4. The number of pyridine rings is 1. The van der Waals surface area contributed by atoms with Crippen LogP contribution in [0.15, 0.2) is 36.4 Å². The van der Waals surface area contributed by atoms with Gasteiger partial charge in [0.25, 0.3) is 0 Å². The first-order chi connectivity index (χ1) is 8.61. The second kappa shape index (κ2) is 5.27. The molecule has 0 unspecified atom stereocenters. The molecule has 2 N–H and O–H groups in total. The lowest BCUT2D eigenvalue weighted by Crippen LogP contribution is -2.13. The highest BCUT2D eigenvalue weighted by Gasteiger charge is 2.09. The van der Waals surface area contributed by atoms with Gasteiger partial charge < -0.3 is 10.6 Å². The van der Waals surface area contributed by atoms with Gasteiger partial charge in [0.05, 0.1) is 5.69 Å². The van der Waals surface area contributed by atoms with Gasteiger partial charge in [0, 0.05) is 12.7 Å². The zero-order valence-electron chi connectivity index (χ0n) is 10.5. The van der Waals surface area contributed by atoms with E-state index >= 15 is 0 Å². The second-order valence-electron chi connectivity index (χ2n) is 4.13. The van der Waals surface area contributed by atoms with Crippen LogP contribution in [0.4, 0.5) is 17.2 Å². The second-order valence-corrected chi connectivity index (χ2v) is 4.51. The van der Waals surface area contributed by atoms with Crippen LogP contribution < -0.4 is 10.6 Å². The van der Waals surface area contributed by atoms with Gasteiger partial charge in [0.1, 0.15) is 5.15 Å². The molecule has 0 saturated heterocycles. The SMILES string of the molecule is CCc1ccc(N(C)c2nc(Cl)ccc2N)cc1. The summed E-state index contributed by atoms with van der Waals surface area (Å²) in [7, 11) is 1.93. The van der Waals surface area contributed by atoms with E-state index in [-0.39, 0.29) is 0 Å². The number of benzene rings is 1. The summed E-state index contributed by atoms with van der Waals surface area (Å²) in [6.07, 6.45) is 1.03. The Morgan fingerprint density at radius 2 is 1.83 bits per heavy atom.